The van der Waals surface area contributed by atoms with Gasteiger partial charge in [-0.3, -0.25) is 0 Å². The van der Waals surface area contributed by atoms with Crippen LogP contribution in [0.15, 0.2) is 24.3 Å². The maximum Gasteiger partial charge on any atom is 0.163 e. The molecule has 0 bridgehead atoms. The van der Waals surface area contributed by atoms with Crippen LogP contribution in [0.3, 0.4) is 0 Å². The Morgan fingerprint density at radius 2 is 1.92 bits per heavy atom. The van der Waals surface area contributed by atoms with Crippen molar-refractivity contribution in [2.45, 2.75) is 13.5 Å². The van der Waals surface area contributed by atoms with Crippen LogP contribution < -0.4 is 11.1 Å². The van der Waals surface area contributed by atoms with Gasteiger partial charge < -0.3 is 11.1 Å². The summed E-state index contributed by atoms with van der Waals surface area (Å²) < 4.78 is 0. The second-order valence-corrected chi connectivity index (χ2v) is 3.14. The Morgan fingerprint density at radius 3 is 2.38 bits per heavy atom. The number of benzene rings is 1. The Bertz CT molecular complexity index is 271. The number of aryl methyl sites for hydroxylation is 1. The van der Waals surface area contributed by atoms with E-state index in [1.54, 1.807) is 0 Å². The van der Waals surface area contributed by atoms with Gasteiger partial charge in [0.05, 0.1) is 0 Å². The number of hydrogen-bond acceptors (Lipinski definition) is 1. The molecule has 72 valence electrons. The van der Waals surface area contributed by atoms with Gasteiger partial charge in [-0.25, -0.2) is 0 Å². The van der Waals surface area contributed by atoms with E-state index in [1.165, 1.54) is 11.1 Å². The summed E-state index contributed by atoms with van der Waals surface area (Å²) in [6.45, 7) is 2.76. The number of hydrogen-bond donors (Lipinski definition) is 2. The third kappa shape index (κ3) is 4.70. The fourth-order valence-corrected chi connectivity index (χ4v) is 0.967. The average molecular weight is 217 g/mol. The zero-order valence-electron chi connectivity index (χ0n) is 7.41. The van der Waals surface area contributed by atoms with Crippen molar-refractivity contribution in [2.24, 2.45) is 5.73 Å². The third-order valence-corrected chi connectivity index (χ3v) is 1.73. The molecule has 2 nitrogen and oxygen atoms in total. The lowest BCUT2D eigenvalue weighted by atomic mass is 10.1. The van der Waals surface area contributed by atoms with Crippen molar-refractivity contribution in [1.82, 2.24) is 5.32 Å². The van der Waals surface area contributed by atoms with Gasteiger partial charge in [0.2, 0.25) is 0 Å². The van der Waals surface area contributed by atoms with Crippen molar-refractivity contribution < 1.29 is 0 Å². The maximum absolute atomic E-state index is 5.29. The molecule has 1 rings (SSSR count). The zero-order chi connectivity index (χ0) is 8.97. The average Bonchev–Trinajstić information content (AvgIpc) is 2.03. The maximum atomic E-state index is 5.29. The lowest BCUT2D eigenvalue weighted by Crippen LogP contribution is -2.28. The van der Waals surface area contributed by atoms with Crippen LogP contribution in [0.4, 0.5) is 0 Å². The minimum absolute atomic E-state index is 0. The molecule has 0 spiro atoms. The van der Waals surface area contributed by atoms with Crippen molar-refractivity contribution in [2.75, 3.05) is 0 Å². The van der Waals surface area contributed by atoms with Gasteiger partial charge in [0.25, 0.3) is 0 Å². The molecule has 1 aromatic carbocycles. The van der Waals surface area contributed by atoms with Crippen molar-refractivity contribution in [1.29, 1.82) is 0 Å². The van der Waals surface area contributed by atoms with E-state index in [2.05, 4.69) is 48.7 Å². The molecule has 0 aromatic heterocycles. The first-order valence-corrected chi connectivity index (χ1v) is 4.18. The van der Waals surface area contributed by atoms with E-state index in [-0.39, 0.29) is 12.4 Å². The SMILES string of the molecule is Cc1ccc(CNC(N)=S)cc1.Cl. The molecule has 0 unspecified atom stereocenters. The molecule has 13 heavy (non-hydrogen) atoms. The van der Waals surface area contributed by atoms with Crippen molar-refractivity contribution in [3.05, 3.63) is 35.4 Å². The summed E-state index contributed by atoms with van der Waals surface area (Å²) in [6.07, 6.45) is 0. The summed E-state index contributed by atoms with van der Waals surface area (Å²) in [7, 11) is 0. The highest BCUT2D eigenvalue weighted by atomic mass is 35.5. The van der Waals surface area contributed by atoms with E-state index >= 15 is 0 Å². The van der Waals surface area contributed by atoms with E-state index in [4.69, 9.17) is 5.73 Å². The smallest absolute Gasteiger partial charge is 0.163 e. The second kappa shape index (κ2) is 5.78. The molecule has 0 amide bonds. The molecule has 0 aliphatic rings. The summed E-state index contributed by atoms with van der Waals surface area (Å²) in [5, 5.41) is 3.23. The molecule has 0 saturated heterocycles. The number of nitrogens with one attached hydrogen (secondary N) is 1. The zero-order valence-corrected chi connectivity index (χ0v) is 9.04. The van der Waals surface area contributed by atoms with Gasteiger partial charge in [-0.15, -0.1) is 12.4 Å². The van der Waals surface area contributed by atoms with Crippen LogP contribution in [0.5, 0.6) is 0 Å². The standard InChI is InChI=1S/C9H12N2S.ClH/c1-7-2-4-8(5-3-7)6-11-9(10)12;/h2-5H,6H2,1H3,(H3,10,11,12);1H. The summed E-state index contributed by atoms with van der Waals surface area (Å²) in [5.41, 5.74) is 7.74. The largest absolute Gasteiger partial charge is 0.376 e. The Kier molecular flexibility index (Phi) is 5.42. The summed E-state index contributed by atoms with van der Waals surface area (Å²) >= 11 is 4.69. The molecule has 0 aliphatic heterocycles. The number of halogens is 1. The van der Waals surface area contributed by atoms with Crippen molar-refractivity contribution in [3.8, 4) is 0 Å². The van der Waals surface area contributed by atoms with E-state index in [0.717, 1.165) is 0 Å². The van der Waals surface area contributed by atoms with Gasteiger partial charge in [-0.1, -0.05) is 29.8 Å². The van der Waals surface area contributed by atoms with Crippen LogP contribution in [0.25, 0.3) is 0 Å². The first-order chi connectivity index (χ1) is 5.68. The molecule has 0 fully saturated rings. The molecule has 0 aliphatic carbocycles. The van der Waals surface area contributed by atoms with Gasteiger partial charge in [-0.05, 0) is 24.7 Å². The lowest BCUT2D eigenvalue weighted by Gasteiger charge is -2.03. The van der Waals surface area contributed by atoms with E-state index in [1.807, 2.05) is 0 Å². The van der Waals surface area contributed by atoms with Crippen molar-refractivity contribution >= 4 is 29.7 Å². The minimum atomic E-state index is 0. The quantitative estimate of drug-likeness (QED) is 0.740. The van der Waals surface area contributed by atoms with Gasteiger partial charge in [0.1, 0.15) is 0 Å². The molecule has 0 saturated carbocycles. The molecular formula is C9H13ClN2S. The molecule has 1 aromatic rings. The van der Waals surface area contributed by atoms with Gasteiger partial charge >= 0.3 is 0 Å². The second-order valence-electron chi connectivity index (χ2n) is 2.70. The molecule has 0 atom stereocenters. The van der Waals surface area contributed by atoms with Crippen LogP contribution in [0.2, 0.25) is 0 Å². The lowest BCUT2D eigenvalue weighted by molar-refractivity contribution is 0.919. The number of thiocarbonyl (C=S) groups is 1. The van der Waals surface area contributed by atoms with Crippen LogP contribution >= 0.6 is 24.6 Å². The summed E-state index contributed by atoms with van der Waals surface area (Å²) in [6, 6.07) is 8.24. The Morgan fingerprint density at radius 1 is 1.38 bits per heavy atom. The van der Waals surface area contributed by atoms with Crippen LogP contribution in [-0.2, 0) is 6.54 Å². The van der Waals surface area contributed by atoms with E-state index in [9.17, 15) is 0 Å². The van der Waals surface area contributed by atoms with Gasteiger partial charge in [0, 0.05) is 6.54 Å². The molecule has 4 heteroatoms. The summed E-state index contributed by atoms with van der Waals surface area (Å²) in [5.74, 6) is 0. The normalized spacial score (nSPS) is 8.69. The highest BCUT2D eigenvalue weighted by Gasteiger charge is 1.91. The highest BCUT2D eigenvalue weighted by Crippen LogP contribution is 2.01. The van der Waals surface area contributed by atoms with E-state index in [0.29, 0.717) is 11.7 Å². The molecule has 3 N–H and O–H groups in total. The van der Waals surface area contributed by atoms with Gasteiger partial charge in [-0.2, -0.15) is 0 Å². The third-order valence-electron chi connectivity index (χ3n) is 1.59. The molecule has 0 radical (unpaired) electrons. The first-order valence-electron chi connectivity index (χ1n) is 3.77. The van der Waals surface area contributed by atoms with Crippen LogP contribution in [-0.4, -0.2) is 5.11 Å². The monoisotopic (exact) mass is 216 g/mol. The van der Waals surface area contributed by atoms with E-state index < -0.39 is 0 Å². The number of rotatable bonds is 2. The predicted octanol–water partition coefficient (Wildman–Crippen LogP) is 1.75. The minimum Gasteiger partial charge on any atom is -0.376 e. The predicted molar refractivity (Wildman–Crippen MR) is 62.1 cm³/mol. The Hall–Kier alpha value is -0.800. The summed E-state index contributed by atoms with van der Waals surface area (Å²) in [4.78, 5) is 0. The Balaban J connectivity index is 0.00000144. The van der Waals surface area contributed by atoms with Crippen LogP contribution in [0.1, 0.15) is 11.1 Å². The highest BCUT2D eigenvalue weighted by molar-refractivity contribution is 7.80. The Labute approximate surface area is 89.9 Å². The fourth-order valence-electron chi connectivity index (χ4n) is 0.895. The topological polar surface area (TPSA) is 38.0 Å². The molecule has 0 heterocycles. The molecular weight excluding hydrogens is 204 g/mol. The fraction of sp³-hybridized carbons (Fsp3) is 0.222. The first kappa shape index (κ1) is 12.2. The number of nitrogens with two attached hydrogens (primary N) is 1. The van der Waals surface area contributed by atoms with Crippen LogP contribution in [0, 0.1) is 6.92 Å². The van der Waals surface area contributed by atoms with Gasteiger partial charge in [0.15, 0.2) is 5.11 Å². The van der Waals surface area contributed by atoms with Crippen molar-refractivity contribution in [3.63, 3.8) is 0 Å².